The summed E-state index contributed by atoms with van der Waals surface area (Å²) in [6.07, 6.45) is 1.46. The molecule has 0 spiro atoms. The maximum atomic E-state index is 12.1. The van der Waals surface area contributed by atoms with E-state index in [0.29, 0.717) is 37.5 Å². The third-order valence-electron chi connectivity index (χ3n) is 4.63. The fourth-order valence-electron chi connectivity index (χ4n) is 3.44. The molecule has 1 aliphatic heterocycles. The highest BCUT2D eigenvalue weighted by atomic mass is 16.5. The zero-order chi connectivity index (χ0) is 16.8. The van der Waals surface area contributed by atoms with E-state index in [2.05, 4.69) is 49.9 Å². The first-order chi connectivity index (χ1) is 11.0. The molecule has 1 fully saturated rings. The van der Waals surface area contributed by atoms with Gasteiger partial charge in [-0.1, -0.05) is 51.1 Å². The van der Waals surface area contributed by atoms with Gasteiger partial charge in [-0.3, -0.25) is 9.69 Å². The van der Waals surface area contributed by atoms with Crippen LogP contribution in [0.25, 0.3) is 0 Å². The normalized spacial score (nSPS) is 25.0. The number of benzene rings is 1. The lowest BCUT2D eigenvalue weighted by Crippen LogP contribution is -2.42. The van der Waals surface area contributed by atoms with Crippen LogP contribution >= 0.6 is 0 Å². The van der Waals surface area contributed by atoms with E-state index in [1.54, 1.807) is 0 Å². The van der Waals surface area contributed by atoms with E-state index in [4.69, 9.17) is 10.5 Å². The van der Waals surface area contributed by atoms with Crippen molar-refractivity contribution in [2.75, 3.05) is 13.2 Å². The zero-order valence-electron chi connectivity index (χ0n) is 14.6. The molecule has 0 radical (unpaired) electrons. The van der Waals surface area contributed by atoms with Gasteiger partial charge < -0.3 is 10.5 Å². The highest BCUT2D eigenvalue weighted by Crippen LogP contribution is 2.32. The third-order valence-corrected chi connectivity index (χ3v) is 4.63. The summed E-state index contributed by atoms with van der Waals surface area (Å²) in [5.74, 6) is 0.789. The molecule has 0 aliphatic carbocycles. The van der Waals surface area contributed by atoms with Gasteiger partial charge in [-0.05, 0) is 23.8 Å². The highest BCUT2D eigenvalue weighted by molar-refractivity contribution is 5.70. The standard InChI is InChI=1S/C19H30N2O2/c1-14(2)13-23-19(22)10-17-9-15(3)18(11-20)21(17)12-16-7-5-4-6-8-16/h4-8,14-15,17-18H,9-13,20H2,1-3H3. The second kappa shape index (κ2) is 8.46. The number of esters is 1. The van der Waals surface area contributed by atoms with Crippen molar-refractivity contribution in [3.8, 4) is 0 Å². The predicted molar refractivity (Wildman–Crippen MR) is 92.8 cm³/mol. The minimum absolute atomic E-state index is 0.0911. The molecule has 3 atom stereocenters. The van der Waals surface area contributed by atoms with Crippen molar-refractivity contribution >= 4 is 5.97 Å². The van der Waals surface area contributed by atoms with Crippen molar-refractivity contribution in [1.29, 1.82) is 0 Å². The molecule has 128 valence electrons. The smallest absolute Gasteiger partial charge is 0.307 e. The summed E-state index contributed by atoms with van der Waals surface area (Å²) in [7, 11) is 0. The number of rotatable bonds is 7. The van der Waals surface area contributed by atoms with Gasteiger partial charge in [-0.15, -0.1) is 0 Å². The molecule has 0 saturated carbocycles. The monoisotopic (exact) mass is 318 g/mol. The quantitative estimate of drug-likeness (QED) is 0.786. The number of ether oxygens (including phenoxy) is 1. The van der Waals surface area contributed by atoms with E-state index in [9.17, 15) is 4.79 Å². The first kappa shape index (κ1) is 18.0. The van der Waals surface area contributed by atoms with Crippen molar-refractivity contribution < 1.29 is 9.53 Å². The Hall–Kier alpha value is -1.39. The molecule has 0 amide bonds. The van der Waals surface area contributed by atoms with Gasteiger partial charge in [0.15, 0.2) is 0 Å². The summed E-state index contributed by atoms with van der Waals surface area (Å²) in [5, 5.41) is 0. The fourth-order valence-corrected chi connectivity index (χ4v) is 3.44. The Morgan fingerprint density at radius 1 is 1.35 bits per heavy atom. The molecule has 1 aromatic rings. The molecule has 4 heteroatoms. The molecule has 2 N–H and O–H groups in total. The fraction of sp³-hybridized carbons (Fsp3) is 0.632. The van der Waals surface area contributed by atoms with Crippen LogP contribution in [-0.2, 0) is 16.1 Å². The number of likely N-dealkylation sites (tertiary alicyclic amines) is 1. The zero-order valence-corrected chi connectivity index (χ0v) is 14.6. The van der Waals surface area contributed by atoms with E-state index < -0.39 is 0 Å². The lowest BCUT2D eigenvalue weighted by Gasteiger charge is -2.30. The van der Waals surface area contributed by atoms with Crippen LogP contribution in [0.5, 0.6) is 0 Å². The van der Waals surface area contributed by atoms with Crippen molar-refractivity contribution in [1.82, 2.24) is 4.90 Å². The van der Waals surface area contributed by atoms with Gasteiger partial charge in [0.1, 0.15) is 0 Å². The molecule has 1 aromatic carbocycles. The molecule has 1 heterocycles. The number of nitrogens with two attached hydrogens (primary N) is 1. The van der Waals surface area contributed by atoms with Crippen molar-refractivity contribution in [3.05, 3.63) is 35.9 Å². The van der Waals surface area contributed by atoms with Crippen molar-refractivity contribution in [3.63, 3.8) is 0 Å². The Morgan fingerprint density at radius 2 is 2.04 bits per heavy atom. The molecule has 0 bridgehead atoms. The summed E-state index contributed by atoms with van der Waals surface area (Å²) in [6, 6.07) is 10.9. The molecular formula is C19H30N2O2. The second-order valence-corrected chi connectivity index (χ2v) is 7.11. The van der Waals surface area contributed by atoms with Crippen LogP contribution in [0.1, 0.15) is 39.2 Å². The number of carbonyl (C=O) groups is 1. The van der Waals surface area contributed by atoms with Gasteiger partial charge >= 0.3 is 5.97 Å². The van der Waals surface area contributed by atoms with Crippen LogP contribution in [0.15, 0.2) is 30.3 Å². The van der Waals surface area contributed by atoms with Gasteiger partial charge in [0, 0.05) is 25.2 Å². The summed E-state index contributed by atoms with van der Waals surface area (Å²) in [5.41, 5.74) is 7.27. The summed E-state index contributed by atoms with van der Waals surface area (Å²) < 4.78 is 5.37. The van der Waals surface area contributed by atoms with E-state index in [1.807, 2.05) is 6.07 Å². The van der Waals surface area contributed by atoms with Crippen LogP contribution in [0.3, 0.4) is 0 Å². The molecule has 23 heavy (non-hydrogen) atoms. The second-order valence-electron chi connectivity index (χ2n) is 7.11. The molecule has 4 nitrogen and oxygen atoms in total. The Morgan fingerprint density at radius 3 is 2.65 bits per heavy atom. The summed E-state index contributed by atoms with van der Waals surface area (Å²) >= 11 is 0. The Labute approximate surface area is 140 Å². The first-order valence-electron chi connectivity index (χ1n) is 8.66. The number of carbonyl (C=O) groups excluding carboxylic acids is 1. The van der Waals surface area contributed by atoms with Crippen LogP contribution in [-0.4, -0.2) is 36.1 Å². The number of nitrogens with zero attached hydrogens (tertiary/aromatic N) is 1. The van der Waals surface area contributed by atoms with Crippen molar-refractivity contribution in [2.24, 2.45) is 17.6 Å². The molecule has 1 aliphatic rings. The predicted octanol–water partition coefficient (Wildman–Crippen LogP) is 2.81. The molecule has 0 aromatic heterocycles. The molecule has 3 unspecified atom stereocenters. The molecule has 1 saturated heterocycles. The van der Waals surface area contributed by atoms with Crippen molar-refractivity contribution in [2.45, 2.75) is 52.2 Å². The Kier molecular flexibility index (Phi) is 6.60. The van der Waals surface area contributed by atoms with E-state index in [0.717, 1.165) is 13.0 Å². The van der Waals surface area contributed by atoms with Gasteiger partial charge in [0.25, 0.3) is 0 Å². The molecular weight excluding hydrogens is 288 g/mol. The van der Waals surface area contributed by atoms with E-state index >= 15 is 0 Å². The van der Waals surface area contributed by atoms with Gasteiger partial charge in [0.05, 0.1) is 13.0 Å². The maximum absolute atomic E-state index is 12.1. The lowest BCUT2D eigenvalue weighted by molar-refractivity contribution is -0.146. The van der Waals surface area contributed by atoms with Gasteiger partial charge in [0.2, 0.25) is 0 Å². The Bertz CT molecular complexity index is 489. The average molecular weight is 318 g/mol. The Balaban J connectivity index is 2.02. The minimum atomic E-state index is -0.0911. The highest BCUT2D eigenvalue weighted by Gasteiger charge is 2.38. The van der Waals surface area contributed by atoms with Crippen LogP contribution in [0.4, 0.5) is 0 Å². The van der Waals surface area contributed by atoms with Gasteiger partial charge in [-0.25, -0.2) is 0 Å². The van der Waals surface area contributed by atoms with E-state index in [1.165, 1.54) is 5.56 Å². The maximum Gasteiger partial charge on any atom is 0.307 e. The van der Waals surface area contributed by atoms with E-state index in [-0.39, 0.29) is 12.0 Å². The van der Waals surface area contributed by atoms with Crippen LogP contribution in [0.2, 0.25) is 0 Å². The number of hydrogen-bond acceptors (Lipinski definition) is 4. The SMILES string of the molecule is CC(C)COC(=O)CC1CC(C)C(CN)N1Cc1ccccc1. The van der Waals surface area contributed by atoms with Crippen LogP contribution < -0.4 is 5.73 Å². The largest absolute Gasteiger partial charge is 0.465 e. The topological polar surface area (TPSA) is 55.6 Å². The molecule has 2 rings (SSSR count). The summed E-state index contributed by atoms with van der Waals surface area (Å²) in [6.45, 7) is 8.31. The van der Waals surface area contributed by atoms with Gasteiger partial charge in [-0.2, -0.15) is 0 Å². The summed E-state index contributed by atoms with van der Waals surface area (Å²) in [4.78, 5) is 14.5. The first-order valence-corrected chi connectivity index (χ1v) is 8.66. The number of hydrogen-bond donors (Lipinski definition) is 1. The third kappa shape index (κ3) is 5.05. The average Bonchev–Trinajstić information content (AvgIpc) is 2.81. The van der Waals surface area contributed by atoms with Crippen LogP contribution in [0, 0.1) is 11.8 Å². The lowest BCUT2D eigenvalue weighted by atomic mass is 10.0. The minimum Gasteiger partial charge on any atom is -0.465 e.